The molecule has 0 fully saturated rings. The van der Waals surface area contributed by atoms with E-state index in [4.69, 9.17) is 0 Å². The lowest BCUT2D eigenvalue weighted by atomic mass is 10.0. The molecule has 0 unspecified atom stereocenters. The Kier molecular flexibility index (Phi) is 5.68. The van der Waals surface area contributed by atoms with Gasteiger partial charge in [0.1, 0.15) is 11.5 Å². The molecule has 1 heterocycles. The Morgan fingerprint density at radius 1 is 1.04 bits per heavy atom. The van der Waals surface area contributed by atoms with E-state index >= 15 is 0 Å². The minimum atomic E-state index is -0.271. The van der Waals surface area contributed by atoms with E-state index in [0.29, 0.717) is 18.2 Å². The molecule has 0 bridgehead atoms. The normalized spacial score (nSPS) is 11.1. The van der Waals surface area contributed by atoms with Gasteiger partial charge in [0.15, 0.2) is 0 Å². The molecular weight excluding hydrogens is 351 g/mol. The Morgan fingerprint density at radius 3 is 2.32 bits per heavy atom. The summed E-state index contributed by atoms with van der Waals surface area (Å²) in [6, 6.07) is 14.4. The van der Waals surface area contributed by atoms with Crippen molar-refractivity contribution in [2.75, 3.05) is 5.32 Å². The maximum absolute atomic E-state index is 13.6. The minimum absolute atomic E-state index is 0.151. The summed E-state index contributed by atoms with van der Waals surface area (Å²) in [7, 11) is 0. The molecule has 146 valence electrons. The molecule has 0 saturated heterocycles. The molecule has 0 aliphatic rings. The van der Waals surface area contributed by atoms with E-state index in [9.17, 15) is 9.18 Å². The van der Waals surface area contributed by atoms with Crippen LogP contribution in [-0.4, -0.2) is 10.5 Å². The first kappa shape index (κ1) is 19.9. The number of amides is 1. The summed E-state index contributed by atoms with van der Waals surface area (Å²) in [5.41, 5.74) is 6.49. The van der Waals surface area contributed by atoms with E-state index in [1.165, 1.54) is 17.7 Å². The number of anilines is 1. The van der Waals surface area contributed by atoms with Crippen LogP contribution in [0.25, 0.3) is 0 Å². The van der Waals surface area contributed by atoms with Gasteiger partial charge in [0.25, 0.3) is 5.91 Å². The number of hydrogen-bond acceptors (Lipinski definition) is 1. The van der Waals surface area contributed by atoms with E-state index in [0.717, 1.165) is 28.1 Å². The van der Waals surface area contributed by atoms with Crippen molar-refractivity contribution in [1.29, 1.82) is 0 Å². The molecule has 3 rings (SSSR count). The van der Waals surface area contributed by atoms with Crippen molar-refractivity contribution in [1.82, 2.24) is 4.57 Å². The van der Waals surface area contributed by atoms with Gasteiger partial charge in [-0.25, -0.2) is 4.39 Å². The fraction of sp³-hybridized carbons (Fsp3) is 0.292. The van der Waals surface area contributed by atoms with E-state index < -0.39 is 0 Å². The number of benzene rings is 2. The van der Waals surface area contributed by atoms with Gasteiger partial charge in [-0.2, -0.15) is 0 Å². The highest BCUT2D eigenvalue weighted by molar-refractivity contribution is 6.04. The molecule has 4 heteroatoms. The first-order chi connectivity index (χ1) is 13.3. The average molecular weight is 378 g/mol. The van der Waals surface area contributed by atoms with Crippen molar-refractivity contribution in [3.05, 3.63) is 88.0 Å². The summed E-state index contributed by atoms with van der Waals surface area (Å²) in [6.07, 6.45) is 0. The quantitative estimate of drug-likeness (QED) is 0.582. The molecule has 3 aromatic rings. The van der Waals surface area contributed by atoms with Crippen LogP contribution in [-0.2, 0) is 6.54 Å². The molecule has 1 aromatic heterocycles. The van der Waals surface area contributed by atoms with Gasteiger partial charge in [-0.05, 0) is 73.2 Å². The first-order valence-corrected chi connectivity index (χ1v) is 9.60. The van der Waals surface area contributed by atoms with Crippen LogP contribution in [0.2, 0.25) is 0 Å². The molecule has 0 saturated carbocycles. The predicted octanol–water partition coefficient (Wildman–Crippen LogP) is 5.98. The van der Waals surface area contributed by atoms with Crippen LogP contribution >= 0.6 is 0 Å². The zero-order chi connectivity index (χ0) is 20.4. The second kappa shape index (κ2) is 8.01. The van der Waals surface area contributed by atoms with E-state index in [2.05, 4.69) is 19.2 Å². The second-order valence-electron chi connectivity index (χ2n) is 7.63. The fourth-order valence-electron chi connectivity index (χ4n) is 3.47. The topological polar surface area (TPSA) is 34.0 Å². The Bertz CT molecular complexity index is 1000. The summed E-state index contributed by atoms with van der Waals surface area (Å²) in [5, 5.41) is 3.01. The molecule has 0 aliphatic carbocycles. The summed E-state index contributed by atoms with van der Waals surface area (Å²) in [5.74, 6) is 0.0233. The maximum atomic E-state index is 13.6. The Morgan fingerprint density at radius 2 is 1.71 bits per heavy atom. The number of carbonyl (C=O) groups is 1. The summed E-state index contributed by atoms with van der Waals surface area (Å²) < 4.78 is 15.6. The third kappa shape index (κ3) is 4.01. The lowest BCUT2D eigenvalue weighted by molar-refractivity contribution is 0.101. The molecule has 3 nitrogen and oxygen atoms in total. The van der Waals surface area contributed by atoms with Crippen molar-refractivity contribution in [3.8, 4) is 0 Å². The van der Waals surface area contributed by atoms with Crippen LogP contribution in [0, 0.1) is 26.6 Å². The standard InChI is InChI=1S/C24H27FN2O/c1-15(2)20-9-11-22(12-10-20)26-24(28)23-17(4)16(3)18(5)27(23)14-19-7-6-8-21(25)13-19/h6-13,15H,14H2,1-5H3,(H,26,28). The van der Waals surface area contributed by atoms with Gasteiger partial charge >= 0.3 is 0 Å². The highest BCUT2D eigenvalue weighted by Crippen LogP contribution is 2.24. The van der Waals surface area contributed by atoms with Crippen molar-refractivity contribution in [3.63, 3.8) is 0 Å². The lowest BCUT2D eigenvalue weighted by Crippen LogP contribution is -2.19. The van der Waals surface area contributed by atoms with Crippen molar-refractivity contribution >= 4 is 11.6 Å². The Hall–Kier alpha value is -2.88. The largest absolute Gasteiger partial charge is 0.336 e. The third-order valence-electron chi connectivity index (χ3n) is 5.42. The zero-order valence-corrected chi connectivity index (χ0v) is 17.1. The predicted molar refractivity (Wildman–Crippen MR) is 113 cm³/mol. The maximum Gasteiger partial charge on any atom is 0.272 e. The highest BCUT2D eigenvalue weighted by Gasteiger charge is 2.21. The molecule has 0 spiro atoms. The van der Waals surface area contributed by atoms with Gasteiger partial charge < -0.3 is 9.88 Å². The van der Waals surface area contributed by atoms with Crippen molar-refractivity contribution in [2.24, 2.45) is 0 Å². The highest BCUT2D eigenvalue weighted by atomic mass is 19.1. The molecule has 1 amide bonds. The van der Waals surface area contributed by atoms with Crippen molar-refractivity contribution < 1.29 is 9.18 Å². The number of rotatable bonds is 5. The molecule has 0 atom stereocenters. The molecule has 2 aromatic carbocycles. The number of nitrogens with zero attached hydrogens (tertiary/aromatic N) is 1. The van der Waals surface area contributed by atoms with E-state index in [-0.39, 0.29) is 11.7 Å². The van der Waals surface area contributed by atoms with Crippen molar-refractivity contribution in [2.45, 2.75) is 47.1 Å². The van der Waals surface area contributed by atoms with Crippen LogP contribution in [0.15, 0.2) is 48.5 Å². The zero-order valence-electron chi connectivity index (χ0n) is 17.1. The molecule has 0 aliphatic heterocycles. The minimum Gasteiger partial charge on any atom is -0.336 e. The van der Waals surface area contributed by atoms with Gasteiger partial charge in [0.05, 0.1) is 0 Å². The summed E-state index contributed by atoms with van der Waals surface area (Å²) in [4.78, 5) is 13.1. The monoisotopic (exact) mass is 378 g/mol. The number of carbonyl (C=O) groups excluding carboxylic acids is 1. The van der Waals surface area contributed by atoms with E-state index in [1.807, 2.05) is 55.7 Å². The van der Waals surface area contributed by atoms with Crippen LogP contribution in [0.1, 0.15) is 58.2 Å². The number of aromatic nitrogens is 1. The second-order valence-corrected chi connectivity index (χ2v) is 7.63. The lowest BCUT2D eigenvalue weighted by Gasteiger charge is -2.14. The summed E-state index contributed by atoms with van der Waals surface area (Å²) >= 11 is 0. The Balaban J connectivity index is 1.92. The van der Waals surface area contributed by atoms with Crippen LogP contribution in [0.5, 0.6) is 0 Å². The van der Waals surface area contributed by atoms with Gasteiger partial charge in [-0.1, -0.05) is 38.1 Å². The summed E-state index contributed by atoms with van der Waals surface area (Å²) in [6.45, 7) is 10.7. The molecule has 1 N–H and O–H groups in total. The van der Waals surface area contributed by atoms with Gasteiger partial charge in [0.2, 0.25) is 0 Å². The molecule has 28 heavy (non-hydrogen) atoms. The smallest absolute Gasteiger partial charge is 0.272 e. The SMILES string of the molecule is Cc1c(C)c(C(=O)Nc2ccc(C(C)C)cc2)n(Cc2cccc(F)c2)c1C. The third-order valence-corrected chi connectivity index (χ3v) is 5.42. The van der Waals surface area contributed by atoms with Gasteiger partial charge in [0, 0.05) is 17.9 Å². The van der Waals surface area contributed by atoms with Crippen LogP contribution < -0.4 is 5.32 Å². The molecule has 0 radical (unpaired) electrons. The average Bonchev–Trinajstić information content (AvgIpc) is 2.86. The van der Waals surface area contributed by atoms with Gasteiger partial charge in [-0.3, -0.25) is 4.79 Å². The van der Waals surface area contributed by atoms with Crippen LogP contribution in [0.3, 0.4) is 0 Å². The van der Waals surface area contributed by atoms with E-state index in [1.54, 1.807) is 6.07 Å². The first-order valence-electron chi connectivity index (χ1n) is 9.60. The van der Waals surface area contributed by atoms with Gasteiger partial charge in [-0.15, -0.1) is 0 Å². The number of halogens is 1. The Labute approximate surface area is 166 Å². The van der Waals surface area contributed by atoms with Crippen LogP contribution in [0.4, 0.5) is 10.1 Å². The number of nitrogens with one attached hydrogen (secondary N) is 1. The number of hydrogen-bond donors (Lipinski definition) is 1. The molecular formula is C24H27FN2O. The fourth-order valence-corrected chi connectivity index (χ4v) is 3.47.